The zero-order chi connectivity index (χ0) is 22.7. The number of carbonyl (C=O) groups is 2. The molecule has 7 nitrogen and oxygen atoms in total. The van der Waals surface area contributed by atoms with Gasteiger partial charge in [-0.1, -0.05) is 36.4 Å². The van der Waals surface area contributed by atoms with Crippen molar-refractivity contribution in [2.24, 2.45) is 0 Å². The predicted molar refractivity (Wildman–Crippen MR) is 127 cm³/mol. The predicted octanol–water partition coefficient (Wildman–Crippen LogP) is 2.39. The summed E-state index contributed by atoms with van der Waals surface area (Å²) in [5.41, 5.74) is 1.35. The fourth-order valence-electron chi connectivity index (χ4n) is 5.00. The van der Waals surface area contributed by atoms with Crippen LogP contribution in [0, 0.1) is 0 Å². The SMILES string of the molecule is O=C(NCCN1CCC2(CC1)C(=O)NCN2Cc1cccnc1)c1ccc2ccccc2c1. The van der Waals surface area contributed by atoms with Gasteiger partial charge in [-0.2, -0.15) is 0 Å². The van der Waals surface area contributed by atoms with Gasteiger partial charge in [-0.25, -0.2) is 0 Å². The number of nitrogens with zero attached hydrogens (tertiary/aromatic N) is 3. The Kier molecular flexibility index (Phi) is 6.07. The zero-order valence-electron chi connectivity index (χ0n) is 18.7. The van der Waals surface area contributed by atoms with Crippen LogP contribution in [0.2, 0.25) is 0 Å². The van der Waals surface area contributed by atoms with Crippen molar-refractivity contribution in [1.82, 2.24) is 25.4 Å². The standard InChI is InChI=1S/C26H29N5O2/c32-24(23-8-7-21-5-1-2-6-22(21)16-23)28-12-15-30-13-9-26(10-14-30)25(33)29-19-31(26)18-20-4-3-11-27-17-20/h1-8,11,16-17H,9-10,12-15,18-19H2,(H,28,32)(H,29,33). The highest BCUT2D eigenvalue weighted by Crippen LogP contribution is 2.33. The van der Waals surface area contributed by atoms with E-state index >= 15 is 0 Å². The highest BCUT2D eigenvalue weighted by molar-refractivity contribution is 5.98. The van der Waals surface area contributed by atoms with Crippen LogP contribution in [0.5, 0.6) is 0 Å². The lowest BCUT2D eigenvalue weighted by Crippen LogP contribution is -2.56. The van der Waals surface area contributed by atoms with Crippen molar-refractivity contribution >= 4 is 22.6 Å². The summed E-state index contributed by atoms with van der Waals surface area (Å²) >= 11 is 0. The third kappa shape index (κ3) is 4.47. The first-order valence-corrected chi connectivity index (χ1v) is 11.6. The zero-order valence-corrected chi connectivity index (χ0v) is 18.7. The average molecular weight is 444 g/mol. The van der Waals surface area contributed by atoms with Gasteiger partial charge in [0.2, 0.25) is 5.91 Å². The first-order chi connectivity index (χ1) is 16.1. The molecule has 1 spiro atoms. The Balaban J connectivity index is 1.13. The Morgan fingerprint density at radius 2 is 1.88 bits per heavy atom. The number of nitrogens with one attached hydrogen (secondary N) is 2. The minimum atomic E-state index is -0.444. The summed E-state index contributed by atoms with van der Waals surface area (Å²) in [6, 6.07) is 17.8. The molecule has 3 heterocycles. The van der Waals surface area contributed by atoms with Crippen LogP contribution in [0.1, 0.15) is 28.8 Å². The minimum Gasteiger partial charge on any atom is -0.351 e. The Labute approximate surface area is 193 Å². The summed E-state index contributed by atoms with van der Waals surface area (Å²) in [5.74, 6) is 0.0858. The lowest BCUT2D eigenvalue weighted by atomic mass is 9.86. The fourth-order valence-corrected chi connectivity index (χ4v) is 5.00. The third-order valence-electron chi connectivity index (χ3n) is 6.96. The highest BCUT2D eigenvalue weighted by atomic mass is 16.2. The Morgan fingerprint density at radius 3 is 2.67 bits per heavy atom. The van der Waals surface area contributed by atoms with Gasteiger partial charge in [-0.05, 0) is 47.4 Å². The molecule has 7 heteroatoms. The van der Waals surface area contributed by atoms with Crippen LogP contribution in [-0.4, -0.2) is 65.0 Å². The fraction of sp³-hybridized carbons (Fsp3) is 0.346. The Morgan fingerprint density at radius 1 is 1.06 bits per heavy atom. The number of benzene rings is 2. The van der Waals surface area contributed by atoms with Gasteiger partial charge in [0.05, 0.1) is 6.67 Å². The lowest BCUT2D eigenvalue weighted by Gasteiger charge is -2.42. The molecule has 2 amide bonds. The van der Waals surface area contributed by atoms with Gasteiger partial charge in [-0.3, -0.25) is 19.5 Å². The van der Waals surface area contributed by atoms with Crippen molar-refractivity contribution < 1.29 is 9.59 Å². The molecular weight excluding hydrogens is 414 g/mol. The number of likely N-dealkylation sites (tertiary alicyclic amines) is 1. The van der Waals surface area contributed by atoms with Gasteiger partial charge in [-0.15, -0.1) is 0 Å². The number of aromatic nitrogens is 1. The van der Waals surface area contributed by atoms with Crippen molar-refractivity contribution in [1.29, 1.82) is 0 Å². The van der Waals surface area contributed by atoms with Gasteiger partial charge in [0.25, 0.3) is 5.91 Å². The number of amides is 2. The molecule has 2 N–H and O–H groups in total. The second-order valence-corrected chi connectivity index (χ2v) is 8.91. The molecule has 0 unspecified atom stereocenters. The van der Waals surface area contributed by atoms with Gasteiger partial charge < -0.3 is 15.5 Å². The first-order valence-electron chi connectivity index (χ1n) is 11.6. The molecule has 33 heavy (non-hydrogen) atoms. The molecule has 0 radical (unpaired) electrons. The van der Waals surface area contributed by atoms with E-state index in [2.05, 4.69) is 31.5 Å². The maximum absolute atomic E-state index is 12.8. The van der Waals surface area contributed by atoms with Gasteiger partial charge >= 0.3 is 0 Å². The van der Waals surface area contributed by atoms with Crippen LogP contribution < -0.4 is 10.6 Å². The average Bonchev–Trinajstić information content (AvgIpc) is 3.15. The summed E-state index contributed by atoms with van der Waals surface area (Å²) in [4.78, 5) is 34.2. The van der Waals surface area contributed by atoms with Gasteiger partial charge in [0.15, 0.2) is 0 Å². The molecule has 0 saturated carbocycles. The monoisotopic (exact) mass is 443 g/mol. The molecule has 2 aromatic carbocycles. The number of fused-ring (bicyclic) bond motifs is 1. The highest BCUT2D eigenvalue weighted by Gasteiger charge is 2.49. The quantitative estimate of drug-likeness (QED) is 0.612. The Hall–Kier alpha value is -3.29. The van der Waals surface area contributed by atoms with E-state index in [0.717, 1.165) is 48.8 Å². The van der Waals surface area contributed by atoms with Crippen molar-refractivity contribution in [3.63, 3.8) is 0 Å². The largest absolute Gasteiger partial charge is 0.351 e. The molecule has 0 aliphatic carbocycles. The second-order valence-electron chi connectivity index (χ2n) is 8.91. The smallest absolute Gasteiger partial charge is 0.251 e. The molecule has 0 atom stereocenters. The molecule has 0 bridgehead atoms. The van der Waals surface area contributed by atoms with Gasteiger partial charge in [0, 0.05) is 50.7 Å². The van der Waals surface area contributed by atoms with E-state index < -0.39 is 5.54 Å². The number of hydrogen-bond donors (Lipinski definition) is 2. The normalized spacial score (nSPS) is 18.5. The number of piperidine rings is 1. The molecule has 2 aliphatic heterocycles. The van der Waals surface area contributed by atoms with Crippen LogP contribution in [0.25, 0.3) is 10.8 Å². The maximum Gasteiger partial charge on any atom is 0.251 e. The lowest BCUT2D eigenvalue weighted by molar-refractivity contribution is -0.129. The molecule has 5 rings (SSSR count). The van der Waals surface area contributed by atoms with Crippen LogP contribution in [0.4, 0.5) is 0 Å². The van der Waals surface area contributed by atoms with E-state index in [1.54, 1.807) is 6.20 Å². The first kappa shape index (κ1) is 21.6. The summed E-state index contributed by atoms with van der Waals surface area (Å²) in [5, 5.41) is 8.29. The number of rotatable bonds is 6. The number of carbonyl (C=O) groups excluding carboxylic acids is 2. The summed E-state index contributed by atoms with van der Waals surface area (Å²) in [7, 11) is 0. The van der Waals surface area contributed by atoms with Crippen LogP contribution in [0.3, 0.4) is 0 Å². The summed E-state index contributed by atoms with van der Waals surface area (Å²) < 4.78 is 0. The van der Waals surface area contributed by atoms with E-state index in [4.69, 9.17) is 0 Å². The third-order valence-corrected chi connectivity index (χ3v) is 6.96. The molecular formula is C26H29N5O2. The van der Waals surface area contributed by atoms with Crippen LogP contribution >= 0.6 is 0 Å². The van der Waals surface area contributed by atoms with Crippen LogP contribution in [0.15, 0.2) is 67.0 Å². The topological polar surface area (TPSA) is 77.6 Å². The molecule has 2 fully saturated rings. The molecule has 1 aromatic heterocycles. The summed E-state index contributed by atoms with van der Waals surface area (Å²) in [6.45, 7) is 4.33. The van der Waals surface area contributed by atoms with Gasteiger partial charge in [0.1, 0.15) is 5.54 Å². The van der Waals surface area contributed by atoms with E-state index in [1.807, 2.05) is 54.7 Å². The summed E-state index contributed by atoms with van der Waals surface area (Å²) in [6.07, 6.45) is 5.21. The molecule has 2 aliphatic rings. The molecule has 170 valence electrons. The van der Waals surface area contributed by atoms with E-state index in [1.165, 1.54) is 0 Å². The van der Waals surface area contributed by atoms with E-state index in [0.29, 0.717) is 25.3 Å². The van der Waals surface area contributed by atoms with Crippen molar-refractivity contribution in [2.75, 3.05) is 32.8 Å². The Bertz CT molecular complexity index is 1140. The maximum atomic E-state index is 12.8. The second kappa shape index (κ2) is 9.29. The molecule has 2 saturated heterocycles. The number of pyridine rings is 1. The van der Waals surface area contributed by atoms with Crippen molar-refractivity contribution in [3.8, 4) is 0 Å². The molecule has 3 aromatic rings. The minimum absolute atomic E-state index is 0.0490. The van der Waals surface area contributed by atoms with E-state index in [-0.39, 0.29) is 11.8 Å². The van der Waals surface area contributed by atoms with Crippen LogP contribution in [-0.2, 0) is 11.3 Å². The van der Waals surface area contributed by atoms with E-state index in [9.17, 15) is 9.59 Å². The van der Waals surface area contributed by atoms with Crippen molar-refractivity contribution in [2.45, 2.75) is 24.9 Å². The number of hydrogen-bond acceptors (Lipinski definition) is 5. The van der Waals surface area contributed by atoms with Crippen molar-refractivity contribution in [3.05, 3.63) is 78.1 Å².